The van der Waals surface area contributed by atoms with Gasteiger partial charge >= 0.3 is 0 Å². The number of likely N-dealkylation sites (N-methyl/N-ethyl adjacent to an activating group) is 1. The number of rotatable bonds is 7. The van der Waals surface area contributed by atoms with Crippen LogP contribution in [0.4, 0.5) is 5.13 Å². The van der Waals surface area contributed by atoms with Crippen molar-refractivity contribution in [2.24, 2.45) is 0 Å². The molecule has 0 aliphatic carbocycles. The fourth-order valence-electron chi connectivity index (χ4n) is 2.57. The second kappa shape index (κ2) is 7.73. The van der Waals surface area contributed by atoms with Gasteiger partial charge in [0.25, 0.3) is 0 Å². The van der Waals surface area contributed by atoms with Crippen LogP contribution in [0.2, 0.25) is 0 Å². The van der Waals surface area contributed by atoms with Gasteiger partial charge in [-0.05, 0) is 31.5 Å². The van der Waals surface area contributed by atoms with E-state index in [0.717, 1.165) is 16.2 Å². The molecule has 2 heterocycles. The number of carbonyl (C=O) groups excluding carboxylic acids is 1. The first-order valence-corrected chi connectivity index (χ1v) is 8.77. The monoisotopic (exact) mass is 359 g/mol. The molecule has 3 rings (SSSR count). The van der Waals surface area contributed by atoms with E-state index in [1.807, 2.05) is 30.1 Å². The van der Waals surface area contributed by atoms with Gasteiger partial charge in [0.1, 0.15) is 11.6 Å². The van der Waals surface area contributed by atoms with E-state index >= 15 is 0 Å². The van der Waals surface area contributed by atoms with Gasteiger partial charge in [0.2, 0.25) is 11.0 Å². The number of ether oxygens (including phenoxy) is 1. The number of amides is 1. The lowest BCUT2D eigenvalue weighted by atomic mass is 10.2. The van der Waals surface area contributed by atoms with Crippen LogP contribution < -0.4 is 5.32 Å². The van der Waals surface area contributed by atoms with Gasteiger partial charge in [0.05, 0.1) is 6.54 Å². The Labute approximate surface area is 150 Å². The average molecular weight is 359 g/mol. The van der Waals surface area contributed by atoms with Crippen LogP contribution in [0.5, 0.6) is 0 Å². The third-order valence-electron chi connectivity index (χ3n) is 4.04. The lowest BCUT2D eigenvalue weighted by Gasteiger charge is -2.22. The number of aromatic amines is 1. The van der Waals surface area contributed by atoms with E-state index in [2.05, 4.69) is 39.6 Å². The summed E-state index contributed by atoms with van der Waals surface area (Å²) in [5, 5.41) is 13.1. The van der Waals surface area contributed by atoms with Crippen molar-refractivity contribution in [3.63, 3.8) is 0 Å². The number of H-pyrrole nitrogens is 1. The summed E-state index contributed by atoms with van der Waals surface area (Å²) in [6.07, 6.45) is 0. The molecular formula is C17H21N5O2S. The molecule has 0 aliphatic rings. The number of nitrogens with one attached hydrogen (secondary N) is 2. The number of nitrogens with zero attached hydrogens (tertiary/aromatic N) is 3. The average Bonchev–Trinajstić information content (AvgIpc) is 3.20. The number of benzene rings is 1. The molecule has 8 heteroatoms. The summed E-state index contributed by atoms with van der Waals surface area (Å²) in [5.74, 6) is -0.120. The maximum Gasteiger partial charge on any atom is 0.240 e. The smallest absolute Gasteiger partial charge is 0.240 e. The quantitative estimate of drug-likeness (QED) is 0.678. The molecule has 1 amide bonds. The number of methoxy groups -OCH3 is 1. The van der Waals surface area contributed by atoms with Crippen LogP contribution in [0, 0.1) is 0 Å². The van der Waals surface area contributed by atoms with E-state index in [1.165, 1.54) is 16.7 Å². The fraction of sp³-hybridized carbons (Fsp3) is 0.353. The van der Waals surface area contributed by atoms with Crippen LogP contribution in [-0.2, 0) is 16.1 Å². The molecule has 0 spiro atoms. The molecule has 0 aliphatic heterocycles. The number of carbonyl (C=O) groups is 1. The highest BCUT2D eigenvalue weighted by molar-refractivity contribution is 7.15. The van der Waals surface area contributed by atoms with Crippen LogP contribution in [0.1, 0.15) is 23.7 Å². The summed E-state index contributed by atoms with van der Waals surface area (Å²) < 4.78 is 5.00. The van der Waals surface area contributed by atoms with Crippen molar-refractivity contribution in [1.82, 2.24) is 20.1 Å². The second-order valence-corrected chi connectivity index (χ2v) is 6.95. The topological polar surface area (TPSA) is 83.1 Å². The predicted molar refractivity (Wildman–Crippen MR) is 98.6 cm³/mol. The van der Waals surface area contributed by atoms with E-state index in [-0.39, 0.29) is 18.5 Å². The Kier molecular flexibility index (Phi) is 5.42. The zero-order valence-corrected chi connectivity index (χ0v) is 15.3. The van der Waals surface area contributed by atoms with E-state index < -0.39 is 0 Å². The summed E-state index contributed by atoms with van der Waals surface area (Å²) in [7, 11) is 3.52. The molecule has 25 heavy (non-hydrogen) atoms. The molecule has 2 N–H and O–H groups in total. The number of anilines is 1. The zero-order chi connectivity index (χ0) is 17.8. The van der Waals surface area contributed by atoms with Gasteiger partial charge in [-0.25, -0.2) is 0 Å². The van der Waals surface area contributed by atoms with Gasteiger partial charge in [-0.3, -0.25) is 15.0 Å². The van der Waals surface area contributed by atoms with Crippen molar-refractivity contribution in [2.45, 2.75) is 19.6 Å². The maximum atomic E-state index is 12.2. The maximum absolute atomic E-state index is 12.2. The van der Waals surface area contributed by atoms with Gasteiger partial charge in [-0.2, -0.15) is 0 Å². The van der Waals surface area contributed by atoms with E-state index in [1.54, 1.807) is 7.11 Å². The van der Waals surface area contributed by atoms with Gasteiger partial charge in [0.15, 0.2) is 0 Å². The lowest BCUT2D eigenvalue weighted by molar-refractivity contribution is -0.117. The molecule has 0 fully saturated rings. The molecule has 0 saturated heterocycles. The van der Waals surface area contributed by atoms with Crippen molar-refractivity contribution in [3.8, 4) is 0 Å². The molecule has 1 atom stereocenters. The van der Waals surface area contributed by atoms with E-state index in [9.17, 15) is 4.79 Å². The number of hydrogen-bond donors (Lipinski definition) is 2. The number of hydrogen-bond acceptors (Lipinski definition) is 6. The minimum Gasteiger partial charge on any atom is -0.377 e. The van der Waals surface area contributed by atoms with Crippen LogP contribution in [0.25, 0.3) is 10.9 Å². The number of fused-ring (bicyclic) bond motifs is 1. The summed E-state index contributed by atoms with van der Waals surface area (Å²) in [6.45, 7) is 2.72. The summed E-state index contributed by atoms with van der Waals surface area (Å²) in [4.78, 5) is 17.6. The minimum absolute atomic E-state index is 0.0802. The Morgan fingerprint density at radius 3 is 2.96 bits per heavy atom. The Balaban J connectivity index is 1.60. The molecular weight excluding hydrogens is 338 g/mol. The van der Waals surface area contributed by atoms with Gasteiger partial charge in [-0.15, -0.1) is 10.2 Å². The standard InChI is InChI=1S/C17H21N5O2S/c1-11(14-8-12-6-4-5-7-13(12)18-14)22(2)9-15(23)19-17-21-20-16(25-17)10-24-3/h4-8,11,18H,9-10H2,1-3H3,(H,19,21,23). The molecule has 1 aromatic carbocycles. The first kappa shape index (κ1) is 17.5. The van der Waals surface area contributed by atoms with Crippen molar-refractivity contribution < 1.29 is 9.53 Å². The van der Waals surface area contributed by atoms with E-state index in [4.69, 9.17) is 4.74 Å². The van der Waals surface area contributed by atoms with Crippen molar-refractivity contribution >= 4 is 33.3 Å². The minimum atomic E-state index is -0.120. The van der Waals surface area contributed by atoms with Crippen molar-refractivity contribution in [3.05, 3.63) is 41.0 Å². The highest BCUT2D eigenvalue weighted by Gasteiger charge is 2.17. The molecule has 2 aromatic heterocycles. The van der Waals surface area contributed by atoms with Crippen LogP contribution >= 0.6 is 11.3 Å². The molecule has 0 bridgehead atoms. The van der Waals surface area contributed by atoms with Crippen LogP contribution in [-0.4, -0.2) is 46.7 Å². The molecule has 132 valence electrons. The first-order chi connectivity index (χ1) is 12.1. The molecule has 0 saturated carbocycles. The SMILES string of the molecule is COCc1nnc(NC(=O)CN(C)C(C)c2cc3ccccc3[nH]2)s1. The van der Waals surface area contributed by atoms with Gasteiger partial charge < -0.3 is 9.72 Å². The zero-order valence-electron chi connectivity index (χ0n) is 14.4. The summed E-state index contributed by atoms with van der Waals surface area (Å²) >= 11 is 1.32. The van der Waals surface area contributed by atoms with Gasteiger partial charge in [0, 0.05) is 24.4 Å². The summed E-state index contributed by atoms with van der Waals surface area (Å²) in [6, 6.07) is 10.3. The summed E-state index contributed by atoms with van der Waals surface area (Å²) in [5.41, 5.74) is 2.18. The largest absolute Gasteiger partial charge is 0.377 e. The Bertz CT molecular complexity index is 826. The normalized spacial score (nSPS) is 12.6. The first-order valence-electron chi connectivity index (χ1n) is 7.96. The van der Waals surface area contributed by atoms with Crippen LogP contribution in [0.3, 0.4) is 0 Å². The molecule has 7 nitrogen and oxygen atoms in total. The number of aromatic nitrogens is 3. The van der Waals surface area contributed by atoms with Gasteiger partial charge in [-0.1, -0.05) is 29.5 Å². The Morgan fingerprint density at radius 1 is 1.40 bits per heavy atom. The predicted octanol–water partition coefficient (Wildman–Crippen LogP) is 2.80. The molecule has 1 unspecified atom stereocenters. The highest BCUT2D eigenvalue weighted by atomic mass is 32.1. The van der Waals surface area contributed by atoms with Crippen molar-refractivity contribution in [1.29, 1.82) is 0 Å². The van der Waals surface area contributed by atoms with Crippen molar-refractivity contribution in [2.75, 3.05) is 26.0 Å². The molecule has 3 aromatic rings. The second-order valence-electron chi connectivity index (χ2n) is 5.89. The van der Waals surface area contributed by atoms with Crippen LogP contribution in [0.15, 0.2) is 30.3 Å². The molecule has 0 radical (unpaired) electrons. The third kappa shape index (κ3) is 4.22. The van der Waals surface area contributed by atoms with E-state index in [0.29, 0.717) is 11.7 Å². The third-order valence-corrected chi connectivity index (χ3v) is 4.85. The highest BCUT2D eigenvalue weighted by Crippen LogP contribution is 2.23. The fourth-order valence-corrected chi connectivity index (χ4v) is 3.29. The number of para-hydroxylation sites is 1. The Hall–Kier alpha value is -2.29. The lowest BCUT2D eigenvalue weighted by Crippen LogP contribution is -2.32. The Morgan fingerprint density at radius 2 is 2.20 bits per heavy atom.